The summed E-state index contributed by atoms with van der Waals surface area (Å²) in [5.41, 5.74) is 5.84. The van der Waals surface area contributed by atoms with Gasteiger partial charge in [0.25, 0.3) is 0 Å². The van der Waals surface area contributed by atoms with Crippen molar-refractivity contribution < 1.29 is 14.7 Å². The van der Waals surface area contributed by atoms with Crippen LogP contribution in [0.5, 0.6) is 5.75 Å². The van der Waals surface area contributed by atoms with Crippen LogP contribution in [0.2, 0.25) is 0 Å². The molecule has 0 saturated carbocycles. The number of benzene rings is 1. The first-order valence-electron chi connectivity index (χ1n) is 4.12. The number of phenols is 1. The van der Waals surface area contributed by atoms with Gasteiger partial charge >= 0.3 is 0 Å². The van der Waals surface area contributed by atoms with Crippen molar-refractivity contribution in [3.63, 3.8) is 0 Å². The minimum Gasteiger partial charge on any atom is -0.507 e. The molecule has 0 unspecified atom stereocenters. The second kappa shape index (κ2) is 3.91. The zero-order valence-corrected chi connectivity index (χ0v) is 7.78. The van der Waals surface area contributed by atoms with Crippen molar-refractivity contribution in [2.24, 2.45) is 5.73 Å². The fourth-order valence-corrected chi connectivity index (χ4v) is 1.18. The van der Waals surface area contributed by atoms with Crippen LogP contribution in [0.3, 0.4) is 0 Å². The fraction of sp³-hybridized carbons (Fsp3) is 0.200. The van der Waals surface area contributed by atoms with E-state index in [0.29, 0.717) is 5.56 Å². The number of rotatable bonds is 3. The van der Waals surface area contributed by atoms with Gasteiger partial charge in [0.15, 0.2) is 5.78 Å². The van der Waals surface area contributed by atoms with Gasteiger partial charge in [0, 0.05) is 0 Å². The SMILES string of the molecule is CC(=O)c1cc(CC(N)=O)ccc1O. The number of hydrogen-bond donors (Lipinski definition) is 2. The van der Waals surface area contributed by atoms with Gasteiger partial charge in [-0.2, -0.15) is 0 Å². The van der Waals surface area contributed by atoms with E-state index in [0.717, 1.165) is 0 Å². The summed E-state index contributed by atoms with van der Waals surface area (Å²) in [6, 6.07) is 4.42. The third kappa shape index (κ3) is 2.32. The van der Waals surface area contributed by atoms with Gasteiger partial charge < -0.3 is 10.8 Å². The monoisotopic (exact) mass is 193 g/mol. The molecule has 3 N–H and O–H groups in total. The first-order chi connectivity index (χ1) is 6.50. The molecule has 1 amide bonds. The van der Waals surface area contributed by atoms with Crippen LogP contribution in [0.25, 0.3) is 0 Å². The number of nitrogens with two attached hydrogens (primary N) is 1. The molecule has 4 nitrogen and oxygen atoms in total. The number of Topliss-reactive ketones (excluding diaryl/α,β-unsaturated/α-hetero) is 1. The van der Waals surface area contributed by atoms with E-state index in [1.54, 1.807) is 6.07 Å². The Bertz CT molecular complexity index is 385. The predicted molar refractivity (Wildman–Crippen MR) is 51.0 cm³/mol. The molecular formula is C10H11NO3. The number of primary amides is 1. The summed E-state index contributed by atoms with van der Waals surface area (Å²) in [6.45, 7) is 1.35. The van der Waals surface area contributed by atoms with Crippen LogP contribution >= 0.6 is 0 Å². The Hall–Kier alpha value is -1.84. The number of carbonyl (C=O) groups excluding carboxylic acids is 2. The first kappa shape index (κ1) is 10.2. The lowest BCUT2D eigenvalue weighted by Crippen LogP contribution is -2.13. The molecule has 14 heavy (non-hydrogen) atoms. The number of hydrogen-bond acceptors (Lipinski definition) is 3. The number of amides is 1. The van der Waals surface area contributed by atoms with E-state index in [9.17, 15) is 14.7 Å². The van der Waals surface area contributed by atoms with E-state index >= 15 is 0 Å². The van der Waals surface area contributed by atoms with Gasteiger partial charge in [-0.05, 0) is 24.6 Å². The Balaban J connectivity index is 3.06. The topological polar surface area (TPSA) is 80.4 Å². The van der Waals surface area contributed by atoms with Crippen molar-refractivity contribution in [1.29, 1.82) is 0 Å². The highest BCUT2D eigenvalue weighted by atomic mass is 16.3. The summed E-state index contributed by atoms with van der Waals surface area (Å²) in [7, 11) is 0. The number of ketones is 1. The van der Waals surface area contributed by atoms with Gasteiger partial charge in [-0.1, -0.05) is 6.07 Å². The molecule has 0 radical (unpaired) electrons. The first-order valence-corrected chi connectivity index (χ1v) is 4.12. The molecule has 0 aromatic heterocycles. The van der Waals surface area contributed by atoms with Crippen LogP contribution < -0.4 is 5.73 Å². The van der Waals surface area contributed by atoms with Crippen LogP contribution in [0.15, 0.2) is 18.2 Å². The van der Waals surface area contributed by atoms with Crippen molar-refractivity contribution in [1.82, 2.24) is 0 Å². The largest absolute Gasteiger partial charge is 0.507 e. The van der Waals surface area contributed by atoms with E-state index in [4.69, 9.17) is 5.73 Å². The third-order valence-corrected chi connectivity index (χ3v) is 1.82. The molecular weight excluding hydrogens is 182 g/mol. The van der Waals surface area contributed by atoms with Crippen molar-refractivity contribution in [3.05, 3.63) is 29.3 Å². The smallest absolute Gasteiger partial charge is 0.221 e. The molecule has 0 atom stereocenters. The van der Waals surface area contributed by atoms with Gasteiger partial charge in [0.1, 0.15) is 5.75 Å². The zero-order valence-electron chi connectivity index (χ0n) is 7.78. The van der Waals surface area contributed by atoms with Crippen molar-refractivity contribution >= 4 is 11.7 Å². The second-order valence-electron chi connectivity index (χ2n) is 3.05. The third-order valence-electron chi connectivity index (χ3n) is 1.82. The average Bonchev–Trinajstić information content (AvgIpc) is 2.07. The molecule has 0 fully saturated rings. The summed E-state index contributed by atoms with van der Waals surface area (Å²) >= 11 is 0. The highest BCUT2D eigenvalue weighted by Crippen LogP contribution is 2.19. The van der Waals surface area contributed by atoms with E-state index in [1.807, 2.05) is 0 Å². The predicted octanol–water partition coefficient (Wildman–Crippen LogP) is 0.623. The summed E-state index contributed by atoms with van der Waals surface area (Å²) in [5, 5.41) is 9.30. The lowest BCUT2D eigenvalue weighted by molar-refractivity contribution is -0.117. The fourth-order valence-electron chi connectivity index (χ4n) is 1.18. The highest BCUT2D eigenvalue weighted by Gasteiger charge is 2.08. The summed E-state index contributed by atoms with van der Waals surface area (Å²) < 4.78 is 0. The number of phenolic OH excluding ortho intramolecular Hbond substituents is 1. The van der Waals surface area contributed by atoms with Crippen LogP contribution in [0, 0.1) is 0 Å². The van der Waals surface area contributed by atoms with Crippen molar-refractivity contribution in [2.75, 3.05) is 0 Å². The summed E-state index contributed by atoms with van der Waals surface area (Å²) in [5.74, 6) is -0.787. The molecule has 0 aliphatic heterocycles. The van der Waals surface area contributed by atoms with Crippen LogP contribution in [-0.2, 0) is 11.2 Å². The summed E-state index contributed by atoms with van der Waals surface area (Å²) in [4.78, 5) is 21.6. The molecule has 1 aromatic carbocycles. The van der Waals surface area contributed by atoms with Gasteiger partial charge in [0.2, 0.25) is 5.91 Å². The number of carbonyl (C=O) groups is 2. The van der Waals surface area contributed by atoms with E-state index in [-0.39, 0.29) is 23.5 Å². The molecule has 0 aliphatic carbocycles. The van der Waals surface area contributed by atoms with Crippen molar-refractivity contribution in [3.8, 4) is 5.75 Å². The van der Waals surface area contributed by atoms with Gasteiger partial charge in [0.05, 0.1) is 12.0 Å². The zero-order chi connectivity index (χ0) is 10.7. The van der Waals surface area contributed by atoms with E-state index < -0.39 is 5.91 Å². The second-order valence-corrected chi connectivity index (χ2v) is 3.05. The molecule has 0 bridgehead atoms. The summed E-state index contributed by atoms with van der Waals surface area (Å²) in [6.07, 6.45) is 0.0700. The lowest BCUT2D eigenvalue weighted by Gasteiger charge is -2.03. The maximum atomic E-state index is 11.0. The number of aromatic hydroxyl groups is 1. The molecule has 4 heteroatoms. The van der Waals surface area contributed by atoms with Gasteiger partial charge in [-0.25, -0.2) is 0 Å². The minimum atomic E-state index is -0.467. The quantitative estimate of drug-likeness (QED) is 0.690. The molecule has 74 valence electrons. The Morgan fingerprint density at radius 2 is 2.07 bits per heavy atom. The molecule has 1 aromatic rings. The highest BCUT2D eigenvalue weighted by molar-refractivity contribution is 5.97. The Kier molecular flexibility index (Phi) is 2.86. The molecule has 0 heterocycles. The average molecular weight is 193 g/mol. The van der Waals surface area contributed by atoms with Crippen LogP contribution in [-0.4, -0.2) is 16.8 Å². The van der Waals surface area contributed by atoms with Gasteiger partial charge in [-0.3, -0.25) is 9.59 Å². The standard InChI is InChI=1S/C10H11NO3/c1-6(12)8-4-7(5-10(11)14)2-3-9(8)13/h2-4,13H,5H2,1H3,(H2,11,14). The maximum absolute atomic E-state index is 11.0. The van der Waals surface area contributed by atoms with Crippen molar-refractivity contribution in [2.45, 2.75) is 13.3 Å². The Labute approximate surface area is 81.3 Å². The van der Waals surface area contributed by atoms with Gasteiger partial charge in [-0.15, -0.1) is 0 Å². The molecule has 0 aliphatic rings. The lowest BCUT2D eigenvalue weighted by atomic mass is 10.0. The molecule has 0 spiro atoms. The molecule has 0 saturated heterocycles. The normalized spacial score (nSPS) is 9.79. The van der Waals surface area contributed by atoms with E-state index in [2.05, 4.69) is 0 Å². The Morgan fingerprint density at radius 3 is 2.57 bits per heavy atom. The maximum Gasteiger partial charge on any atom is 0.221 e. The molecule has 1 rings (SSSR count). The Morgan fingerprint density at radius 1 is 1.43 bits per heavy atom. The minimum absolute atomic E-state index is 0.0700. The van der Waals surface area contributed by atoms with Crippen LogP contribution in [0.4, 0.5) is 0 Å². The van der Waals surface area contributed by atoms with E-state index in [1.165, 1.54) is 19.1 Å². The van der Waals surface area contributed by atoms with Crippen LogP contribution in [0.1, 0.15) is 22.8 Å².